The van der Waals surface area contributed by atoms with Crippen LogP contribution in [0.4, 0.5) is 0 Å². The van der Waals surface area contributed by atoms with Crippen molar-refractivity contribution in [3.63, 3.8) is 0 Å². The van der Waals surface area contributed by atoms with Crippen molar-refractivity contribution in [2.75, 3.05) is 26.9 Å². The first-order valence-corrected chi connectivity index (χ1v) is 7.88. The van der Waals surface area contributed by atoms with Crippen molar-refractivity contribution in [1.82, 2.24) is 10.6 Å². The summed E-state index contributed by atoms with van der Waals surface area (Å²) in [6, 6.07) is 8.60. The number of ether oxygens (including phenoxy) is 2. The van der Waals surface area contributed by atoms with Gasteiger partial charge in [0, 0.05) is 26.3 Å². The number of hydrogen-bond donors (Lipinski definition) is 2. The van der Waals surface area contributed by atoms with Gasteiger partial charge in [-0.1, -0.05) is 24.3 Å². The first-order chi connectivity index (χ1) is 10.7. The van der Waals surface area contributed by atoms with Crippen LogP contribution in [0.5, 0.6) is 0 Å². The van der Waals surface area contributed by atoms with Crippen molar-refractivity contribution < 1.29 is 9.47 Å². The zero-order valence-corrected chi connectivity index (χ0v) is 16.9. The van der Waals surface area contributed by atoms with Gasteiger partial charge in [0.25, 0.3) is 0 Å². The maximum atomic E-state index is 5.40. The van der Waals surface area contributed by atoms with Crippen LogP contribution in [0.15, 0.2) is 29.3 Å². The van der Waals surface area contributed by atoms with Gasteiger partial charge in [0.15, 0.2) is 5.96 Å². The van der Waals surface area contributed by atoms with E-state index in [2.05, 4.69) is 53.7 Å². The molecule has 1 atom stereocenters. The van der Waals surface area contributed by atoms with Gasteiger partial charge in [-0.15, -0.1) is 24.0 Å². The second kappa shape index (κ2) is 13.6. The molecule has 1 aromatic carbocycles. The second-order valence-corrected chi connectivity index (χ2v) is 5.15. The maximum absolute atomic E-state index is 5.40. The Balaban J connectivity index is 0.00000484. The lowest BCUT2D eigenvalue weighted by Gasteiger charge is -2.17. The Morgan fingerprint density at radius 1 is 1.17 bits per heavy atom. The summed E-state index contributed by atoms with van der Waals surface area (Å²) < 4.78 is 10.5. The predicted molar refractivity (Wildman–Crippen MR) is 106 cm³/mol. The number of hydrogen-bond acceptors (Lipinski definition) is 3. The number of nitrogens with zero attached hydrogens (tertiary/aromatic N) is 1. The van der Waals surface area contributed by atoms with Crippen LogP contribution in [0.3, 0.4) is 0 Å². The third-order valence-electron chi connectivity index (χ3n) is 3.06. The fourth-order valence-electron chi connectivity index (χ4n) is 1.98. The van der Waals surface area contributed by atoms with Crippen molar-refractivity contribution in [2.45, 2.75) is 40.0 Å². The Morgan fingerprint density at radius 3 is 2.39 bits per heavy atom. The molecule has 1 aromatic rings. The van der Waals surface area contributed by atoms with E-state index in [0.29, 0.717) is 19.8 Å². The lowest BCUT2D eigenvalue weighted by atomic mass is 10.1. The SMILES string of the molecule is CCNC(=NCc1ccc(COCC)cc1)NC(C)COC.I. The van der Waals surface area contributed by atoms with Crippen molar-refractivity contribution in [3.05, 3.63) is 35.4 Å². The minimum absolute atomic E-state index is 0. The fourth-order valence-corrected chi connectivity index (χ4v) is 1.98. The van der Waals surface area contributed by atoms with Crippen molar-refractivity contribution >= 4 is 29.9 Å². The van der Waals surface area contributed by atoms with Crippen LogP contribution >= 0.6 is 24.0 Å². The quantitative estimate of drug-likeness (QED) is 0.356. The molecule has 0 aliphatic heterocycles. The molecule has 0 saturated carbocycles. The van der Waals surface area contributed by atoms with Crippen molar-refractivity contribution in [1.29, 1.82) is 0 Å². The second-order valence-electron chi connectivity index (χ2n) is 5.15. The molecule has 0 aliphatic carbocycles. The lowest BCUT2D eigenvalue weighted by Crippen LogP contribution is -2.43. The van der Waals surface area contributed by atoms with E-state index in [4.69, 9.17) is 9.47 Å². The van der Waals surface area contributed by atoms with E-state index < -0.39 is 0 Å². The first-order valence-electron chi connectivity index (χ1n) is 7.88. The molecule has 23 heavy (non-hydrogen) atoms. The van der Waals surface area contributed by atoms with Gasteiger partial charge in [-0.2, -0.15) is 0 Å². The summed E-state index contributed by atoms with van der Waals surface area (Å²) in [6.07, 6.45) is 0. The van der Waals surface area contributed by atoms with Crippen LogP contribution in [0.1, 0.15) is 31.9 Å². The van der Waals surface area contributed by atoms with Crippen molar-refractivity contribution in [2.24, 2.45) is 4.99 Å². The van der Waals surface area contributed by atoms with Crippen LogP contribution in [-0.4, -0.2) is 38.9 Å². The number of methoxy groups -OCH3 is 1. The monoisotopic (exact) mass is 435 g/mol. The summed E-state index contributed by atoms with van der Waals surface area (Å²) in [5.74, 6) is 0.811. The molecule has 0 heterocycles. The summed E-state index contributed by atoms with van der Waals surface area (Å²) in [5, 5.41) is 6.57. The molecular formula is C17H30IN3O2. The lowest BCUT2D eigenvalue weighted by molar-refractivity contribution is 0.134. The Kier molecular flexibility index (Phi) is 13.1. The smallest absolute Gasteiger partial charge is 0.191 e. The van der Waals surface area contributed by atoms with Crippen LogP contribution in [-0.2, 0) is 22.6 Å². The Morgan fingerprint density at radius 2 is 1.83 bits per heavy atom. The van der Waals surface area contributed by atoms with Crippen LogP contribution in [0.2, 0.25) is 0 Å². The zero-order chi connectivity index (χ0) is 16.2. The highest BCUT2D eigenvalue weighted by molar-refractivity contribution is 14.0. The largest absolute Gasteiger partial charge is 0.383 e. The van der Waals surface area contributed by atoms with Gasteiger partial charge in [0.05, 0.1) is 19.8 Å². The van der Waals surface area contributed by atoms with Gasteiger partial charge >= 0.3 is 0 Å². The first kappa shape index (κ1) is 22.1. The molecule has 5 nitrogen and oxygen atoms in total. The minimum atomic E-state index is 0. The molecule has 1 rings (SSSR count). The highest BCUT2D eigenvalue weighted by Gasteiger charge is 2.04. The molecule has 0 amide bonds. The third-order valence-corrected chi connectivity index (χ3v) is 3.06. The van der Waals surface area contributed by atoms with Crippen molar-refractivity contribution in [3.8, 4) is 0 Å². The molecule has 0 fully saturated rings. The molecule has 0 spiro atoms. The van der Waals surface area contributed by atoms with Gasteiger partial charge in [-0.3, -0.25) is 0 Å². The average molecular weight is 435 g/mol. The summed E-state index contributed by atoms with van der Waals surface area (Å²) in [4.78, 5) is 4.61. The molecule has 0 radical (unpaired) electrons. The fraction of sp³-hybridized carbons (Fsp3) is 0.588. The highest BCUT2D eigenvalue weighted by Crippen LogP contribution is 2.07. The van der Waals surface area contributed by atoms with E-state index >= 15 is 0 Å². The van der Waals surface area contributed by atoms with Crippen LogP contribution in [0.25, 0.3) is 0 Å². The standard InChI is InChI=1S/C17H29N3O2.HI/c1-5-18-17(20-14(3)12-21-4)19-11-15-7-9-16(10-8-15)13-22-6-2;/h7-10,14H,5-6,11-13H2,1-4H3,(H2,18,19,20);1H. The van der Waals surface area contributed by atoms with Gasteiger partial charge in [-0.25, -0.2) is 4.99 Å². The molecule has 1 unspecified atom stereocenters. The number of nitrogens with one attached hydrogen (secondary N) is 2. The van der Waals surface area contributed by atoms with Gasteiger partial charge < -0.3 is 20.1 Å². The molecule has 6 heteroatoms. The third kappa shape index (κ3) is 9.78. The van der Waals surface area contributed by atoms with E-state index in [9.17, 15) is 0 Å². The summed E-state index contributed by atoms with van der Waals surface area (Å²) in [6.45, 7) is 9.66. The van der Waals surface area contributed by atoms with E-state index in [0.717, 1.165) is 19.1 Å². The molecule has 0 bridgehead atoms. The molecule has 0 aromatic heterocycles. The van der Waals surface area contributed by atoms with Gasteiger partial charge in [0.2, 0.25) is 0 Å². The Hall–Kier alpha value is -0.860. The number of halogens is 1. The summed E-state index contributed by atoms with van der Waals surface area (Å²) >= 11 is 0. The van der Waals surface area contributed by atoms with Crippen LogP contribution in [0, 0.1) is 0 Å². The topological polar surface area (TPSA) is 54.9 Å². The maximum Gasteiger partial charge on any atom is 0.191 e. The molecule has 132 valence electrons. The number of benzene rings is 1. The Bertz CT molecular complexity index is 438. The molecule has 0 saturated heterocycles. The molecule has 2 N–H and O–H groups in total. The normalized spacial score (nSPS) is 12.4. The van der Waals surface area contributed by atoms with E-state index in [1.54, 1.807) is 7.11 Å². The predicted octanol–water partition coefficient (Wildman–Crippen LogP) is 2.93. The van der Waals surface area contributed by atoms with Gasteiger partial charge in [-0.05, 0) is 31.9 Å². The summed E-state index contributed by atoms with van der Waals surface area (Å²) in [5.41, 5.74) is 2.37. The van der Waals surface area contributed by atoms with E-state index in [-0.39, 0.29) is 30.0 Å². The molecular weight excluding hydrogens is 405 g/mol. The summed E-state index contributed by atoms with van der Waals surface area (Å²) in [7, 11) is 1.70. The Labute approximate surface area is 157 Å². The molecule has 0 aliphatic rings. The average Bonchev–Trinajstić information content (AvgIpc) is 2.52. The van der Waals surface area contributed by atoms with E-state index in [1.165, 1.54) is 11.1 Å². The number of aliphatic imine (C=N–C) groups is 1. The number of guanidine groups is 1. The zero-order valence-electron chi connectivity index (χ0n) is 14.6. The van der Waals surface area contributed by atoms with Gasteiger partial charge in [0.1, 0.15) is 0 Å². The highest BCUT2D eigenvalue weighted by atomic mass is 127. The van der Waals surface area contributed by atoms with E-state index in [1.807, 2.05) is 6.92 Å². The number of rotatable bonds is 9. The minimum Gasteiger partial charge on any atom is -0.383 e. The van der Waals surface area contributed by atoms with Crippen LogP contribution < -0.4 is 10.6 Å².